The van der Waals surface area contributed by atoms with Crippen molar-refractivity contribution in [3.63, 3.8) is 0 Å². The van der Waals surface area contributed by atoms with Gasteiger partial charge in [0.2, 0.25) is 5.91 Å². The van der Waals surface area contributed by atoms with E-state index in [1.165, 1.54) is 38.5 Å². The Bertz CT molecular complexity index is 333. The van der Waals surface area contributed by atoms with Crippen molar-refractivity contribution in [2.24, 2.45) is 11.7 Å². The highest BCUT2D eigenvalue weighted by molar-refractivity contribution is 7.80. The first kappa shape index (κ1) is 15.7. The Labute approximate surface area is 128 Å². The van der Waals surface area contributed by atoms with Crippen LogP contribution in [0.15, 0.2) is 0 Å². The molecule has 20 heavy (non-hydrogen) atoms. The standard InChI is InChI=1S/C16H28N2OS/c17-15(20)11-12-18(14-9-5-2-6-10-14)16(19)13-7-3-1-4-8-13/h13-14H,1-12H2,(H2,17,20). The van der Waals surface area contributed by atoms with Crippen LogP contribution >= 0.6 is 12.2 Å². The number of carbonyl (C=O) groups is 1. The first-order chi connectivity index (χ1) is 9.68. The smallest absolute Gasteiger partial charge is 0.225 e. The first-order valence-electron chi connectivity index (χ1n) is 8.27. The second kappa shape index (κ2) is 7.96. The second-order valence-electron chi connectivity index (χ2n) is 6.37. The molecule has 114 valence electrons. The van der Waals surface area contributed by atoms with E-state index in [0.29, 0.717) is 23.4 Å². The van der Waals surface area contributed by atoms with Crippen LogP contribution in [-0.4, -0.2) is 28.4 Å². The first-order valence-corrected chi connectivity index (χ1v) is 8.68. The number of nitrogens with zero attached hydrogens (tertiary/aromatic N) is 1. The molecule has 2 rings (SSSR count). The Morgan fingerprint density at radius 1 is 1.00 bits per heavy atom. The molecule has 1 amide bonds. The molecule has 2 N–H and O–H groups in total. The summed E-state index contributed by atoms with van der Waals surface area (Å²) in [5.74, 6) is 0.643. The molecule has 4 heteroatoms. The zero-order chi connectivity index (χ0) is 14.4. The van der Waals surface area contributed by atoms with Gasteiger partial charge in [-0.2, -0.15) is 0 Å². The van der Waals surface area contributed by atoms with Crippen molar-refractivity contribution in [2.45, 2.75) is 76.7 Å². The largest absolute Gasteiger partial charge is 0.393 e. The van der Waals surface area contributed by atoms with Crippen LogP contribution in [0.2, 0.25) is 0 Å². The highest BCUT2D eigenvalue weighted by Gasteiger charge is 2.30. The van der Waals surface area contributed by atoms with Gasteiger partial charge in [-0.15, -0.1) is 0 Å². The topological polar surface area (TPSA) is 46.3 Å². The highest BCUT2D eigenvalue weighted by Crippen LogP contribution is 2.29. The zero-order valence-electron chi connectivity index (χ0n) is 12.5. The van der Waals surface area contributed by atoms with Crippen LogP contribution in [0.25, 0.3) is 0 Å². The number of hydrogen-bond donors (Lipinski definition) is 1. The van der Waals surface area contributed by atoms with Crippen LogP contribution in [0.3, 0.4) is 0 Å². The lowest BCUT2D eigenvalue weighted by molar-refractivity contribution is -0.139. The van der Waals surface area contributed by atoms with E-state index >= 15 is 0 Å². The van der Waals surface area contributed by atoms with Gasteiger partial charge in [0, 0.05) is 24.9 Å². The number of thiocarbonyl (C=S) groups is 1. The molecule has 0 radical (unpaired) electrons. The fourth-order valence-electron chi connectivity index (χ4n) is 3.68. The van der Waals surface area contributed by atoms with E-state index in [2.05, 4.69) is 4.90 Å². The lowest BCUT2D eigenvalue weighted by Gasteiger charge is -2.37. The van der Waals surface area contributed by atoms with Gasteiger partial charge in [0.25, 0.3) is 0 Å². The molecule has 0 spiro atoms. The summed E-state index contributed by atoms with van der Waals surface area (Å²) in [5.41, 5.74) is 5.64. The molecule has 2 fully saturated rings. The number of nitrogens with two attached hydrogens (primary N) is 1. The third-order valence-corrected chi connectivity index (χ3v) is 5.06. The predicted octanol–water partition coefficient (Wildman–Crippen LogP) is 3.40. The average molecular weight is 296 g/mol. The van der Waals surface area contributed by atoms with E-state index in [1.807, 2.05) is 0 Å². The summed E-state index contributed by atoms with van der Waals surface area (Å²) in [6, 6.07) is 0.438. The van der Waals surface area contributed by atoms with E-state index in [1.54, 1.807) is 0 Å². The molecule has 3 nitrogen and oxygen atoms in total. The fourth-order valence-corrected chi connectivity index (χ4v) is 3.77. The van der Waals surface area contributed by atoms with Gasteiger partial charge in [-0.25, -0.2) is 0 Å². The van der Waals surface area contributed by atoms with Gasteiger partial charge in [0.15, 0.2) is 0 Å². The minimum absolute atomic E-state index is 0.261. The van der Waals surface area contributed by atoms with Crippen LogP contribution in [0.4, 0.5) is 0 Å². The molecule has 0 aliphatic heterocycles. The van der Waals surface area contributed by atoms with Crippen LogP contribution in [0, 0.1) is 5.92 Å². The third kappa shape index (κ3) is 4.44. The Kier molecular flexibility index (Phi) is 6.27. The van der Waals surface area contributed by atoms with Gasteiger partial charge in [-0.05, 0) is 25.7 Å². The molecule has 2 aliphatic rings. The van der Waals surface area contributed by atoms with E-state index in [0.717, 1.165) is 32.2 Å². The predicted molar refractivity (Wildman–Crippen MR) is 86.6 cm³/mol. The Morgan fingerprint density at radius 2 is 1.55 bits per heavy atom. The number of carbonyl (C=O) groups excluding carboxylic acids is 1. The van der Waals surface area contributed by atoms with Crippen LogP contribution in [0.1, 0.15) is 70.6 Å². The minimum Gasteiger partial charge on any atom is -0.393 e. The molecule has 0 bridgehead atoms. The summed E-state index contributed by atoms with van der Waals surface area (Å²) in [5, 5.41) is 0. The van der Waals surface area contributed by atoms with Gasteiger partial charge >= 0.3 is 0 Å². The molecule has 0 aromatic heterocycles. The molecule has 0 heterocycles. The van der Waals surface area contributed by atoms with Crippen LogP contribution in [-0.2, 0) is 4.79 Å². The Morgan fingerprint density at radius 3 is 2.10 bits per heavy atom. The molecule has 0 unspecified atom stereocenters. The Balaban J connectivity index is 1.99. The monoisotopic (exact) mass is 296 g/mol. The summed E-state index contributed by atoms with van der Waals surface area (Å²) in [6.45, 7) is 0.731. The average Bonchev–Trinajstić information content (AvgIpc) is 2.49. The minimum atomic E-state index is 0.261. The third-order valence-electron chi connectivity index (χ3n) is 4.85. The van der Waals surface area contributed by atoms with E-state index < -0.39 is 0 Å². The summed E-state index contributed by atoms with van der Waals surface area (Å²) in [4.78, 5) is 15.5. The zero-order valence-corrected chi connectivity index (χ0v) is 13.3. The Hall–Kier alpha value is -0.640. The normalized spacial score (nSPS) is 21.6. The maximum absolute atomic E-state index is 12.9. The van der Waals surface area contributed by atoms with Crippen LogP contribution < -0.4 is 5.73 Å². The van der Waals surface area contributed by atoms with E-state index in [-0.39, 0.29) is 5.92 Å². The van der Waals surface area contributed by atoms with Crippen molar-refractivity contribution in [3.05, 3.63) is 0 Å². The molecule has 2 saturated carbocycles. The summed E-state index contributed by atoms with van der Waals surface area (Å²) in [6.07, 6.45) is 12.7. The van der Waals surface area contributed by atoms with Gasteiger partial charge in [-0.1, -0.05) is 50.7 Å². The molecule has 0 aromatic carbocycles. The molecular formula is C16H28N2OS. The van der Waals surface area contributed by atoms with Crippen molar-refractivity contribution in [1.29, 1.82) is 0 Å². The molecule has 0 aromatic rings. The highest BCUT2D eigenvalue weighted by atomic mass is 32.1. The SMILES string of the molecule is NC(=S)CCN(C(=O)C1CCCCC1)C1CCCCC1. The molecule has 0 atom stereocenters. The lowest BCUT2D eigenvalue weighted by atomic mass is 9.86. The van der Waals surface area contributed by atoms with Crippen LogP contribution in [0.5, 0.6) is 0 Å². The van der Waals surface area contributed by atoms with Gasteiger partial charge in [0.1, 0.15) is 0 Å². The van der Waals surface area contributed by atoms with E-state index in [4.69, 9.17) is 18.0 Å². The van der Waals surface area contributed by atoms with Crippen molar-refractivity contribution >= 4 is 23.1 Å². The quantitative estimate of drug-likeness (QED) is 0.791. The maximum Gasteiger partial charge on any atom is 0.225 e. The van der Waals surface area contributed by atoms with Gasteiger partial charge in [-0.3, -0.25) is 4.79 Å². The van der Waals surface area contributed by atoms with Gasteiger partial charge < -0.3 is 10.6 Å². The summed E-state index contributed by atoms with van der Waals surface area (Å²) < 4.78 is 0. The second-order valence-corrected chi connectivity index (χ2v) is 6.90. The number of rotatable bonds is 5. The molecular weight excluding hydrogens is 268 g/mol. The van der Waals surface area contributed by atoms with Crippen molar-refractivity contribution in [1.82, 2.24) is 4.90 Å². The lowest BCUT2D eigenvalue weighted by Crippen LogP contribution is -2.46. The van der Waals surface area contributed by atoms with Crippen molar-refractivity contribution < 1.29 is 4.79 Å². The van der Waals surface area contributed by atoms with Crippen molar-refractivity contribution in [2.75, 3.05) is 6.54 Å². The number of hydrogen-bond acceptors (Lipinski definition) is 2. The maximum atomic E-state index is 12.9. The fraction of sp³-hybridized carbons (Fsp3) is 0.875. The van der Waals surface area contributed by atoms with Crippen molar-refractivity contribution in [3.8, 4) is 0 Å². The number of amides is 1. The van der Waals surface area contributed by atoms with Gasteiger partial charge in [0.05, 0.1) is 4.99 Å². The summed E-state index contributed by atoms with van der Waals surface area (Å²) in [7, 11) is 0. The van der Waals surface area contributed by atoms with E-state index in [9.17, 15) is 4.79 Å². The summed E-state index contributed by atoms with van der Waals surface area (Å²) >= 11 is 5.00. The molecule has 0 saturated heterocycles. The molecule has 2 aliphatic carbocycles.